The van der Waals surface area contributed by atoms with Crippen LogP contribution in [0.25, 0.3) is 11.3 Å². The van der Waals surface area contributed by atoms with Gasteiger partial charge in [0.1, 0.15) is 11.6 Å². The predicted molar refractivity (Wildman–Crippen MR) is 97.1 cm³/mol. The molecule has 6 nitrogen and oxygen atoms in total. The van der Waals surface area contributed by atoms with Gasteiger partial charge in [-0.05, 0) is 48.3 Å². The molecule has 1 aliphatic carbocycles. The van der Waals surface area contributed by atoms with E-state index in [4.69, 9.17) is 10.5 Å². The Hall–Kier alpha value is -2.54. The highest BCUT2D eigenvalue weighted by molar-refractivity contribution is 5.95. The van der Waals surface area contributed by atoms with Crippen molar-refractivity contribution >= 4 is 11.7 Å². The fourth-order valence-electron chi connectivity index (χ4n) is 5.05. The summed E-state index contributed by atoms with van der Waals surface area (Å²) in [6.07, 6.45) is 4.04. The third-order valence-electron chi connectivity index (χ3n) is 6.29. The Morgan fingerprint density at radius 2 is 2.00 bits per heavy atom. The van der Waals surface area contributed by atoms with Crippen molar-refractivity contribution in [3.05, 3.63) is 42.0 Å². The number of ether oxygens (including phenoxy) is 1. The standard InChI is InChI=1S/C20H21FN4O2/c21-15-3-11(18-5-24-19(22)6-23-18)1-12(4-15)20(26)25-7-13-2-14-9-27-10-17(14)16(13)8-25/h1,3-6,13-14,16-17H,2,7-10H2,(H2,22,24)/t13-,14+,16+,17-/m0/s1. The van der Waals surface area contributed by atoms with E-state index in [9.17, 15) is 9.18 Å². The number of hydrogen-bond acceptors (Lipinski definition) is 5. The summed E-state index contributed by atoms with van der Waals surface area (Å²) in [6.45, 7) is 3.17. The molecule has 1 saturated carbocycles. The van der Waals surface area contributed by atoms with E-state index in [-0.39, 0.29) is 5.91 Å². The molecule has 1 aromatic heterocycles. The Kier molecular flexibility index (Phi) is 3.86. The second-order valence-corrected chi connectivity index (χ2v) is 7.89. The van der Waals surface area contributed by atoms with E-state index < -0.39 is 5.82 Å². The molecule has 3 aliphatic rings. The van der Waals surface area contributed by atoms with Gasteiger partial charge in [0, 0.05) is 30.8 Å². The Labute approximate surface area is 156 Å². The van der Waals surface area contributed by atoms with Crippen molar-refractivity contribution in [1.29, 1.82) is 0 Å². The Bertz CT molecular complexity index is 888. The van der Waals surface area contributed by atoms with E-state index in [0.717, 1.165) is 32.7 Å². The van der Waals surface area contributed by atoms with Gasteiger partial charge in [0.2, 0.25) is 0 Å². The van der Waals surface area contributed by atoms with Crippen LogP contribution in [0.4, 0.5) is 10.2 Å². The molecule has 2 aromatic rings. The monoisotopic (exact) mass is 368 g/mol. The second kappa shape index (κ2) is 6.27. The SMILES string of the molecule is Nc1cnc(-c2cc(F)cc(C(=O)N3C[C@@H]4C[C@@H]5COC[C@@H]5[C@@H]4C3)c2)cn1. The van der Waals surface area contributed by atoms with E-state index in [1.165, 1.54) is 24.5 Å². The van der Waals surface area contributed by atoms with Crippen molar-refractivity contribution in [2.45, 2.75) is 6.42 Å². The number of rotatable bonds is 2. The van der Waals surface area contributed by atoms with Gasteiger partial charge in [-0.25, -0.2) is 9.37 Å². The van der Waals surface area contributed by atoms with Crippen molar-refractivity contribution < 1.29 is 13.9 Å². The Morgan fingerprint density at radius 1 is 1.11 bits per heavy atom. The zero-order valence-electron chi connectivity index (χ0n) is 14.8. The summed E-state index contributed by atoms with van der Waals surface area (Å²) >= 11 is 0. The number of fused-ring (bicyclic) bond motifs is 3. The molecule has 0 spiro atoms. The molecular formula is C20H21FN4O2. The average Bonchev–Trinajstić information content (AvgIpc) is 3.33. The molecule has 4 atom stereocenters. The third-order valence-corrected chi connectivity index (χ3v) is 6.29. The molecule has 3 fully saturated rings. The summed E-state index contributed by atoms with van der Waals surface area (Å²) < 4.78 is 19.8. The molecule has 140 valence electrons. The fourth-order valence-corrected chi connectivity index (χ4v) is 5.05. The van der Waals surface area contributed by atoms with Gasteiger partial charge >= 0.3 is 0 Å². The topological polar surface area (TPSA) is 81.3 Å². The van der Waals surface area contributed by atoms with Crippen molar-refractivity contribution in [2.75, 3.05) is 32.0 Å². The number of halogens is 1. The molecule has 5 rings (SSSR count). The van der Waals surface area contributed by atoms with Crippen LogP contribution in [-0.2, 0) is 4.74 Å². The third kappa shape index (κ3) is 2.86. The lowest BCUT2D eigenvalue weighted by Gasteiger charge is -2.20. The van der Waals surface area contributed by atoms with E-state index in [1.807, 2.05) is 4.90 Å². The number of amides is 1. The number of nitrogens with zero attached hydrogens (tertiary/aromatic N) is 3. The lowest BCUT2D eigenvalue weighted by Crippen LogP contribution is -2.31. The molecule has 7 heteroatoms. The summed E-state index contributed by atoms with van der Waals surface area (Å²) in [7, 11) is 0. The Morgan fingerprint density at radius 3 is 2.81 bits per heavy atom. The van der Waals surface area contributed by atoms with Crippen LogP contribution in [-0.4, -0.2) is 47.1 Å². The zero-order valence-corrected chi connectivity index (χ0v) is 14.8. The average molecular weight is 368 g/mol. The summed E-state index contributed by atoms with van der Waals surface area (Å²) in [5, 5.41) is 0. The quantitative estimate of drug-likeness (QED) is 0.879. The van der Waals surface area contributed by atoms with Gasteiger partial charge < -0.3 is 15.4 Å². The first-order valence-corrected chi connectivity index (χ1v) is 9.34. The molecule has 2 aliphatic heterocycles. The summed E-state index contributed by atoms with van der Waals surface area (Å²) in [4.78, 5) is 23.1. The van der Waals surface area contributed by atoms with Crippen molar-refractivity contribution in [2.24, 2.45) is 23.7 Å². The molecule has 2 saturated heterocycles. The lowest BCUT2D eigenvalue weighted by molar-refractivity contribution is 0.0773. The summed E-state index contributed by atoms with van der Waals surface area (Å²) in [5.74, 6) is 2.00. The first-order valence-electron chi connectivity index (χ1n) is 9.34. The second-order valence-electron chi connectivity index (χ2n) is 7.89. The molecule has 0 unspecified atom stereocenters. The number of carbonyl (C=O) groups excluding carboxylic acids is 1. The predicted octanol–water partition coefficient (Wildman–Crippen LogP) is 2.22. The van der Waals surface area contributed by atoms with Crippen LogP contribution in [0.3, 0.4) is 0 Å². The molecule has 27 heavy (non-hydrogen) atoms. The van der Waals surface area contributed by atoms with Crippen molar-refractivity contribution in [1.82, 2.24) is 14.9 Å². The summed E-state index contributed by atoms with van der Waals surface area (Å²) in [6, 6.07) is 4.34. The van der Waals surface area contributed by atoms with Gasteiger partial charge in [0.05, 0.1) is 24.7 Å². The van der Waals surface area contributed by atoms with Crippen LogP contribution in [0.1, 0.15) is 16.8 Å². The number of aromatic nitrogens is 2. The van der Waals surface area contributed by atoms with Crippen LogP contribution in [0.15, 0.2) is 30.6 Å². The highest BCUT2D eigenvalue weighted by Crippen LogP contribution is 2.48. The molecule has 1 aromatic carbocycles. The van der Waals surface area contributed by atoms with E-state index >= 15 is 0 Å². The lowest BCUT2D eigenvalue weighted by atomic mass is 9.91. The molecule has 2 N–H and O–H groups in total. The number of anilines is 1. The van der Waals surface area contributed by atoms with Crippen LogP contribution in [0.5, 0.6) is 0 Å². The van der Waals surface area contributed by atoms with Gasteiger partial charge in [-0.3, -0.25) is 9.78 Å². The van der Waals surface area contributed by atoms with Gasteiger partial charge in [-0.2, -0.15) is 0 Å². The normalized spacial score (nSPS) is 29.0. The van der Waals surface area contributed by atoms with E-state index in [1.54, 1.807) is 6.07 Å². The maximum absolute atomic E-state index is 14.2. The number of likely N-dealkylation sites (tertiary alicyclic amines) is 1. The zero-order chi connectivity index (χ0) is 18.5. The minimum Gasteiger partial charge on any atom is -0.382 e. The van der Waals surface area contributed by atoms with Gasteiger partial charge in [-0.1, -0.05) is 0 Å². The first-order chi connectivity index (χ1) is 13.1. The van der Waals surface area contributed by atoms with Crippen molar-refractivity contribution in [3.8, 4) is 11.3 Å². The molecular weight excluding hydrogens is 347 g/mol. The van der Waals surface area contributed by atoms with E-state index in [0.29, 0.717) is 46.3 Å². The molecule has 0 radical (unpaired) electrons. The van der Waals surface area contributed by atoms with Gasteiger partial charge in [-0.15, -0.1) is 0 Å². The molecule has 0 bridgehead atoms. The smallest absolute Gasteiger partial charge is 0.253 e. The number of nitrogen functional groups attached to an aromatic ring is 1. The number of benzene rings is 1. The highest BCUT2D eigenvalue weighted by atomic mass is 19.1. The maximum atomic E-state index is 14.2. The van der Waals surface area contributed by atoms with Crippen LogP contribution in [0, 0.1) is 29.5 Å². The first kappa shape index (κ1) is 16.6. The number of hydrogen-bond donors (Lipinski definition) is 1. The number of carbonyl (C=O) groups is 1. The minimum atomic E-state index is -0.460. The van der Waals surface area contributed by atoms with Crippen LogP contribution < -0.4 is 5.73 Å². The molecule has 1 amide bonds. The summed E-state index contributed by atoms with van der Waals surface area (Å²) in [5.41, 5.74) is 6.92. The maximum Gasteiger partial charge on any atom is 0.253 e. The minimum absolute atomic E-state index is 0.121. The largest absolute Gasteiger partial charge is 0.382 e. The van der Waals surface area contributed by atoms with Gasteiger partial charge in [0.25, 0.3) is 5.91 Å². The van der Waals surface area contributed by atoms with Gasteiger partial charge in [0.15, 0.2) is 0 Å². The Balaban J connectivity index is 1.38. The highest BCUT2D eigenvalue weighted by Gasteiger charge is 2.50. The number of nitrogens with two attached hydrogens (primary N) is 1. The molecule has 3 heterocycles. The fraction of sp³-hybridized carbons (Fsp3) is 0.450. The van der Waals surface area contributed by atoms with Crippen LogP contribution in [0.2, 0.25) is 0 Å². The van der Waals surface area contributed by atoms with Crippen molar-refractivity contribution in [3.63, 3.8) is 0 Å². The van der Waals surface area contributed by atoms with E-state index in [2.05, 4.69) is 9.97 Å². The van der Waals surface area contributed by atoms with Crippen LogP contribution >= 0.6 is 0 Å².